The first-order valence-corrected chi connectivity index (χ1v) is 8.08. The molecule has 0 aromatic heterocycles. The number of benzene rings is 1. The first-order chi connectivity index (χ1) is 10.2. The van der Waals surface area contributed by atoms with Crippen LogP contribution in [-0.4, -0.2) is 60.8 Å². The maximum atomic E-state index is 10.3. The van der Waals surface area contributed by atoms with Crippen LogP contribution in [0.2, 0.25) is 0 Å². The van der Waals surface area contributed by atoms with Crippen LogP contribution in [0.15, 0.2) is 24.3 Å². The fourth-order valence-corrected chi connectivity index (χ4v) is 2.75. The van der Waals surface area contributed by atoms with E-state index < -0.39 is 0 Å². The van der Waals surface area contributed by atoms with Crippen molar-refractivity contribution in [1.29, 1.82) is 0 Å². The van der Waals surface area contributed by atoms with E-state index in [1.54, 1.807) is 0 Å². The SMILES string of the molecule is CCOc1ccc(C(O)CCN2CCN(CC)CC2)cc1. The highest BCUT2D eigenvalue weighted by Crippen LogP contribution is 2.20. The summed E-state index contributed by atoms with van der Waals surface area (Å²) in [5, 5.41) is 10.3. The normalized spacial score (nSPS) is 18.6. The fraction of sp³-hybridized carbons (Fsp3) is 0.647. The van der Waals surface area contributed by atoms with Crippen LogP contribution in [0.25, 0.3) is 0 Å². The number of rotatable bonds is 7. The van der Waals surface area contributed by atoms with Crippen LogP contribution >= 0.6 is 0 Å². The average molecular weight is 292 g/mol. The molecule has 0 amide bonds. The van der Waals surface area contributed by atoms with Gasteiger partial charge in [0.05, 0.1) is 12.7 Å². The van der Waals surface area contributed by atoms with E-state index in [1.807, 2.05) is 31.2 Å². The van der Waals surface area contributed by atoms with Crippen LogP contribution in [0.1, 0.15) is 31.9 Å². The van der Waals surface area contributed by atoms with Gasteiger partial charge in [-0.15, -0.1) is 0 Å². The molecule has 1 heterocycles. The Bertz CT molecular complexity index is 400. The maximum Gasteiger partial charge on any atom is 0.119 e. The molecule has 1 atom stereocenters. The van der Waals surface area contributed by atoms with Gasteiger partial charge in [0.15, 0.2) is 0 Å². The van der Waals surface area contributed by atoms with Crippen molar-refractivity contribution in [2.45, 2.75) is 26.4 Å². The Morgan fingerprint density at radius 3 is 2.24 bits per heavy atom. The Kier molecular flexibility index (Phi) is 6.49. The maximum absolute atomic E-state index is 10.3. The lowest BCUT2D eigenvalue weighted by atomic mass is 10.1. The minimum atomic E-state index is -0.384. The Hall–Kier alpha value is -1.10. The Morgan fingerprint density at radius 2 is 1.67 bits per heavy atom. The molecule has 118 valence electrons. The van der Waals surface area contributed by atoms with E-state index in [2.05, 4.69) is 16.7 Å². The molecule has 0 saturated carbocycles. The second-order valence-corrected chi connectivity index (χ2v) is 5.58. The highest BCUT2D eigenvalue weighted by molar-refractivity contribution is 5.28. The highest BCUT2D eigenvalue weighted by Gasteiger charge is 2.16. The van der Waals surface area contributed by atoms with E-state index in [0.717, 1.165) is 57.0 Å². The smallest absolute Gasteiger partial charge is 0.119 e. The van der Waals surface area contributed by atoms with E-state index in [4.69, 9.17) is 4.74 Å². The monoisotopic (exact) mass is 292 g/mol. The summed E-state index contributed by atoms with van der Waals surface area (Å²) in [5.74, 6) is 0.865. The number of nitrogens with zero attached hydrogens (tertiary/aromatic N) is 2. The molecule has 1 unspecified atom stereocenters. The lowest BCUT2D eigenvalue weighted by molar-refractivity contribution is 0.105. The molecule has 1 aliphatic heterocycles. The second kappa shape index (κ2) is 8.37. The summed E-state index contributed by atoms with van der Waals surface area (Å²) in [6, 6.07) is 7.79. The molecule has 0 radical (unpaired) electrons. The summed E-state index contributed by atoms with van der Waals surface area (Å²) in [5.41, 5.74) is 0.977. The molecule has 1 N–H and O–H groups in total. The molecule has 4 nitrogen and oxygen atoms in total. The van der Waals surface area contributed by atoms with Gasteiger partial charge in [-0.05, 0) is 37.6 Å². The quantitative estimate of drug-likeness (QED) is 0.835. The number of piperazine rings is 1. The van der Waals surface area contributed by atoms with Gasteiger partial charge < -0.3 is 19.6 Å². The van der Waals surface area contributed by atoms with Gasteiger partial charge in [-0.2, -0.15) is 0 Å². The van der Waals surface area contributed by atoms with Crippen molar-refractivity contribution in [3.8, 4) is 5.75 Å². The molecule has 0 spiro atoms. The first kappa shape index (κ1) is 16.3. The fourth-order valence-electron chi connectivity index (χ4n) is 2.75. The van der Waals surface area contributed by atoms with E-state index in [1.165, 1.54) is 0 Å². The number of hydrogen-bond donors (Lipinski definition) is 1. The second-order valence-electron chi connectivity index (χ2n) is 5.58. The molecule has 21 heavy (non-hydrogen) atoms. The van der Waals surface area contributed by atoms with Gasteiger partial charge in [0.2, 0.25) is 0 Å². The minimum Gasteiger partial charge on any atom is -0.494 e. The van der Waals surface area contributed by atoms with Gasteiger partial charge >= 0.3 is 0 Å². The van der Waals surface area contributed by atoms with Crippen molar-refractivity contribution in [1.82, 2.24) is 9.80 Å². The summed E-state index contributed by atoms with van der Waals surface area (Å²) >= 11 is 0. The summed E-state index contributed by atoms with van der Waals surface area (Å²) in [4.78, 5) is 4.92. The number of aliphatic hydroxyl groups excluding tert-OH is 1. The van der Waals surface area contributed by atoms with Crippen molar-refractivity contribution < 1.29 is 9.84 Å². The number of ether oxygens (including phenoxy) is 1. The van der Waals surface area contributed by atoms with Gasteiger partial charge in [0.25, 0.3) is 0 Å². The topological polar surface area (TPSA) is 35.9 Å². The largest absolute Gasteiger partial charge is 0.494 e. The average Bonchev–Trinajstić information content (AvgIpc) is 2.54. The van der Waals surface area contributed by atoms with Crippen LogP contribution in [0.5, 0.6) is 5.75 Å². The summed E-state index contributed by atoms with van der Waals surface area (Å²) in [6.45, 7) is 11.5. The number of hydrogen-bond acceptors (Lipinski definition) is 4. The zero-order valence-corrected chi connectivity index (χ0v) is 13.3. The van der Waals surface area contributed by atoms with Crippen LogP contribution < -0.4 is 4.74 Å². The summed E-state index contributed by atoms with van der Waals surface area (Å²) < 4.78 is 5.42. The molecule has 4 heteroatoms. The zero-order valence-electron chi connectivity index (χ0n) is 13.3. The zero-order chi connectivity index (χ0) is 15.1. The molecule has 1 saturated heterocycles. The van der Waals surface area contributed by atoms with E-state index in [0.29, 0.717) is 6.61 Å². The lowest BCUT2D eigenvalue weighted by Gasteiger charge is -2.34. The Morgan fingerprint density at radius 1 is 1.05 bits per heavy atom. The van der Waals surface area contributed by atoms with Gasteiger partial charge in [-0.3, -0.25) is 0 Å². The van der Waals surface area contributed by atoms with Gasteiger partial charge in [-0.25, -0.2) is 0 Å². The third-order valence-electron chi connectivity index (χ3n) is 4.21. The Labute approximate surface area is 128 Å². The molecular weight excluding hydrogens is 264 g/mol. The molecule has 1 aromatic rings. The minimum absolute atomic E-state index is 0.384. The third-order valence-corrected chi connectivity index (χ3v) is 4.21. The van der Waals surface area contributed by atoms with Crippen LogP contribution in [0.3, 0.4) is 0 Å². The van der Waals surface area contributed by atoms with Crippen molar-refractivity contribution >= 4 is 0 Å². The molecule has 1 aromatic carbocycles. The van der Waals surface area contributed by atoms with Crippen molar-refractivity contribution in [2.75, 3.05) is 45.9 Å². The van der Waals surface area contributed by atoms with Crippen molar-refractivity contribution in [3.63, 3.8) is 0 Å². The van der Waals surface area contributed by atoms with Crippen LogP contribution in [-0.2, 0) is 0 Å². The highest BCUT2D eigenvalue weighted by atomic mass is 16.5. The number of aliphatic hydroxyl groups is 1. The molecule has 0 bridgehead atoms. The predicted octanol–water partition coefficient (Wildman–Crippen LogP) is 2.15. The third kappa shape index (κ3) is 4.99. The summed E-state index contributed by atoms with van der Waals surface area (Å²) in [7, 11) is 0. The molecule has 1 fully saturated rings. The van der Waals surface area contributed by atoms with Crippen LogP contribution in [0.4, 0.5) is 0 Å². The van der Waals surface area contributed by atoms with E-state index in [9.17, 15) is 5.11 Å². The van der Waals surface area contributed by atoms with E-state index >= 15 is 0 Å². The standard InChI is InChI=1S/C17H28N2O2/c1-3-18-11-13-19(14-12-18)10-9-17(20)15-5-7-16(8-6-15)21-4-2/h5-8,17,20H,3-4,9-14H2,1-2H3. The van der Waals surface area contributed by atoms with Crippen LogP contribution in [0, 0.1) is 0 Å². The van der Waals surface area contributed by atoms with Gasteiger partial charge in [-0.1, -0.05) is 19.1 Å². The molecule has 2 rings (SSSR count). The molecule has 0 aliphatic carbocycles. The van der Waals surface area contributed by atoms with Crippen molar-refractivity contribution in [2.24, 2.45) is 0 Å². The lowest BCUT2D eigenvalue weighted by Crippen LogP contribution is -2.46. The molecular formula is C17H28N2O2. The Balaban J connectivity index is 1.75. The van der Waals surface area contributed by atoms with Gasteiger partial charge in [0, 0.05) is 32.7 Å². The summed E-state index contributed by atoms with van der Waals surface area (Å²) in [6.07, 6.45) is 0.407. The first-order valence-electron chi connectivity index (χ1n) is 8.08. The van der Waals surface area contributed by atoms with E-state index in [-0.39, 0.29) is 6.10 Å². The number of likely N-dealkylation sites (N-methyl/N-ethyl adjacent to an activating group) is 1. The molecule has 1 aliphatic rings. The van der Waals surface area contributed by atoms with Crippen molar-refractivity contribution in [3.05, 3.63) is 29.8 Å². The predicted molar refractivity (Wildman–Crippen MR) is 85.7 cm³/mol. The van der Waals surface area contributed by atoms with Gasteiger partial charge in [0.1, 0.15) is 5.75 Å².